The van der Waals surface area contributed by atoms with Crippen LogP contribution in [0.2, 0.25) is 4.34 Å². The summed E-state index contributed by atoms with van der Waals surface area (Å²) in [5, 5.41) is 0. The molecule has 2 rings (SSSR count). The van der Waals surface area contributed by atoms with Crippen LogP contribution in [-0.4, -0.2) is 13.1 Å². The van der Waals surface area contributed by atoms with Crippen LogP contribution in [0, 0.1) is 5.82 Å². The lowest BCUT2D eigenvalue weighted by Gasteiger charge is -2.31. The van der Waals surface area contributed by atoms with Crippen LogP contribution in [0.4, 0.5) is 10.1 Å². The number of nitrogens with two attached hydrogens (primary N) is 1. The molecule has 1 aromatic carbocycles. The van der Waals surface area contributed by atoms with Crippen molar-refractivity contribution in [3.8, 4) is 0 Å². The molecule has 108 valence electrons. The first kappa shape index (κ1) is 15.8. The maximum atomic E-state index is 13.4. The van der Waals surface area contributed by atoms with E-state index in [0.717, 1.165) is 21.6 Å². The van der Waals surface area contributed by atoms with Gasteiger partial charge in [0.2, 0.25) is 0 Å². The number of thiophene rings is 1. The van der Waals surface area contributed by atoms with Crippen molar-refractivity contribution in [1.29, 1.82) is 0 Å². The molecule has 0 saturated heterocycles. The van der Waals surface area contributed by atoms with Crippen LogP contribution in [-0.2, 0) is 0 Å². The number of hydrogen-bond donors (Lipinski definition) is 1. The molecule has 6 heteroatoms. The molecule has 1 unspecified atom stereocenters. The van der Waals surface area contributed by atoms with Crippen LogP contribution in [0.25, 0.3) is 0 Å². The van der Waals surface area contributed by atoms with E-state index in [2.05, 4.69) is 20.8 Å². The molecule has 0 radical (unpaired) electrons. The fourth-order valence-electron chi connectivity index (χ4n) is 2.16. The quantitative estimate of drug-likeness (QED) is 0.808. The smallest absolute Gasteiger partial charge is 0.125 e. The van der Waals surface area contributed by atoms with E-state index < -0.39 is 0 Å². The van der Waals surface area contributed by atoms with Crippen LogP contribution in [0.1, 0.15) is 17.8 Å². The Bertz CT molecular complexity index is 571. The second kappa shape index (κ2) is 6.89. The van der Waals surface area contributed by atoms with Crippen molar-refractivity contribution >= 4 is 44.6 Å². The van der Waals surface area contributed by atoms with Gasteiger partial charge < -0.3 is 10.6 Å². The van der Waals surface area contributed by atoms with Crippen molar-refractivity contribution in [2.45, 2.75) is 13.0 Å². The predicted molar refractivity (Wildman–Crippen MR) is 88.2 cm³/mol. The monoisotopic (exact) mass is 376 g/mol. The second-order valence-corrected chi connectivity index (χ2v) is 6.83. The topological polar surface area (TPSA) is 29.3 Å². The molecular weight excluding hydrogens is 363 g/mol. The van der Waals surface area contributed by atoms with Gasteiger partial charge >= 0.3 is 0 Å². The van der Waals surface area contributed by atoms with Gasteiger partial charge in [0.1, 0.15) is 10.2 Å². The molecule has 0 fully saturated rings. The van der Waals surface area contributed by atoms with Gasteiger partial charge in [0, 0.05) is 28.1 Å². The molecule has 0 aliphatic heterocycles. The first-order chi connectivity index (χ1) is 9.56. The van der Waals surface area contributed by atoms with Crippen molar-refractivity contribution in [1.82, 2.24) is 0 Å². The van der Waals surface area contributed by atoms with E-state index in [1.807, 2.05) is 19.1 Å². The van der Waals surface area contributed by atoms with Crippen LogP contribution < -0.4 is 10.6 Å². The number of benzene rings is 1. The molecule has 0 aliphatic carbocycles. The lowest BCUT2D eigenvalue weighted by molar-refractivity contribution is 0.618. The van der Waals surface area contributed by atoms with Gasteiger partial charge in [-0.2, -0.15) is 0 Å². The van der Waals surface area contributed by atoms with Crippen molar-refractivity contribution in [3.63, 3.8) is 0 Å². The number of halogens is 3. The van der Waals surface area contributed by atoms with Gasteiger partial charge in [0.25, 0.3) is 0 Å². The average molecular weight is 378 g/mol. The number of nitrogens with zero attached hydrogens (tertiary/aromatic N) is 1. The third kappa shape index (κ3) is 3.34. The Morgan fingerprint density at radius 1 is 1.45 bits per heavy atom. The van der Waals surface area contributed by atoms with E-state index in [-0.39, 0.29) is 11.9 Å². The Morgan fingerprint density at radius 3 is 2.70 bits per heavy atom. The van der Waals surface area contributed by atoms with E-state index in [9.17, 15) is 4.39 Å². The Hall–Kier alpha value is -0.620. The zero-order valence-corrected chi connectivity index (χ0v) is 14.1. The standard InChI is InChI=1S/C14H15BrClFN2S/c1-2-19(10-5-3-4-9(17)6-10)12(8-18)13-7-11(15)14(16)20-13/h3-7,12H,2,8,18H2,1H3. The summed E-state index contributed by atoms with van der Waals surface area (Å²) in [5.74, 6) is -0.248. The average Bonchev–Trinajstić information content (AvgIpc) is 2.75. The van der Waals surface area contributed by atoms with E-state index in [1.165, 1.54) is 23.5 Å². The van der Waals surface area contributed by atoms with Gasteiger partial charge in [-0.3, -0.25) is 0 Å². The van der Waals surface area contributed by atoms with Gasteiger partial charge in [-0.05, 0) is 47.1 Å². The Morgan fingerprint density at radius 2 is 2.20 bits per heavy atom. The summed E-state index contributed by atoms with van der Waals surface area (Å²) in [6.07, 6.45) is 0. The maximum Gasteiger partial charge on any atom is 0.125 e. The maximum absolute atomic E-state index is 13.4. The zero-order valence-electron chi connectivity index (χ0n) is 10.9. The Labute approximate surface area is 135 Å². The summed E-state index contributed by atoms with van der Waals surface area (Å²) in [4.78, 5) is 3.15. The summed E-state index contributed by atoms with van der Waals surface area (Å²) in [5.41, 5.74) is 6.75. The molecule has 0 saturated carbocycles. The molecule has 0 spiro atoms. The molecule has 0 amide bonds. The van der Waals surface area contributed by atoms with Gasteiger partial charge in [0.15, 0.2) is 0 Å². The van der Waals surface area contributed by atoms with Crippen molar-refractivity contribution in [2.75, 3.05) is 18.0 Å². The van der Waals surface area contributed by atoms with E-state index in [0.29, 0.717) is 10.9 Å². The highest BCUT2D eigenvalue weighted by atomic mass is 79.9. The zero-order chi connectivity index (χ0) is 14.7. The van der Waals surface area contributed by atoms with Crippen molar-refractivity contribution < 1.29 is 4.39 Å². The number of likely N-dealkylation sites (N-methyl/N-ethyl adjacent to an activating group) is 1. The highest BCUT2D eigenvalue weighted by molar-refractivity contribution is 9.10. The molecule has 2 nitrogen and oxygen atoms in total. The van der Waals surface area contributed by atoms with Crippen molar-refractivity contribution in [3.05, 3.63) is 49.8 Å². The summed E-state index contributed by atoms with van der Waals surface area (Å²) in [7, 11) is 0. The van der Waals surface area contributed by atoms with E-state index in [4.69, 9.17) is 17.3 Å². The molecule has 2 aromatic rings. The minimum absolute atomic E-state index is 0.0180. The summed E-state index contributed by atoms with van der Waals surface area (Å²) >= 11 is 11.0. The molecule has 1 atom stereocenters. The molecular formula is C14H15BrClFN2S. The minimum atomic E-state index is -0.248. The minimum Gasteiger partial charge on any atom is -0.363 e. The van der Waals surface area contributed by atoms with Gasteiger partial charge in [-0.25, -0.2) is 4.39 Å². The lowest BCUT2D eigenvalue weighted by Crippen LogP contribution is -2.33. The van der Waals surface area contributed by atoms with Crippen LogP contribution in [0.5, 0.6) is 0 Å². The van der Waals surface area contributed by atoms with E-state index in [1.54, 1.807) is 6.07 Å². The SMILES string of the molecule is CCN(c1cccc(F)c1)C(CN)c1cc(Br)c(Cl)s1. The largest absolute Gasteiger partial charge is 0.363 e. The summed E-state index contributed by atoms with van der Waals surface area (Å²) < 4.78 is 15.0. The second-order valence-electron chi connectivity index (χ2n) is 4.29. The van der Waals surface area contributed by atoms with E-state index >= 15 is 0 Å². The first-order valence-electron chi connectivity index (χ1n) is 6.23. The van der Waals surface area contributed by atoms with Crippen molar-refractivity contribution in [2.24, 2.45) is 5.73 Å². The normalized spacial score (nSPS) is 12.4. The molecule has 20 heavy (non-hydrogen) atoms. The number of rotatable bonds is 5. The molecule has 2 N–H and O–H groups in total. The first-order valence-corrected chi connectivity index (χ1v) is 8.22. The van der Waals surface area contributed by atoms with Crippen LogP contribution in [0.3, 0.4) is 0 Å². The lowest BCUT2D eigenvalue weighted by atomic mass is 10.1. The summed E-state index contributed by atoms with van der Waals surface area (Å²) in [6, 6.07) is 8.52. The fourth-order valence-corrected chi connectivity index (χ4v) is 4.02. The summed E-state index contributed by atoms with van der Waals surface area (Å²) in [6.45, 7) is 3.20. The van der Waals surface area contributed by atoms with Gasteiger partial charge in [-0.15, -0.1) is 11.3 Å². The van der Waals surface area contributed by atoms with Crippen LogP contribution in [0.15, 0.2) is 34.8 Å². The van der Waals surface area contributed by atoms with Gasteiger partial charge in [0.05, 0.1) is 6.04 Å². The highest BCUT2D eigenvalue weighted by Gasteiger charge is 2.21. The highest BCUT2D eigenvalue weighted by Crippen LogP contribution is 2.38. The van der Waals surface area contributed by atoms with Crippen LogP contribution >= 0.6 is 38.9 Å². The van der Waals surface area contributed by atoms with Gasteiger partial charge in [-0.1, -0.05) is 17.7 Å². The molecule has 1 aromatic heterocycles. The molecule has 0 bridgehead atoms. The molecule has 0 aliphatic rings. The number of anilines is 1. The third-order valence-electron chi connectivity index (χ3n) is 3.07. The Balaban J connectivity index is 2.37. The Kier molecular flexibility index (Phi) is 5.43. The predicted octanol–water partition coefficient (Wildman–Crippen LogP) is 4.83. The number of hydrogen-bond acceptors (Lipinski definition) is 3. The fraction of sp³-hybridized carbons (Fsp3) is 0.286. The third-order valence-corrected chi connectivity index (χ3v) is 5.65. The molecule has 1 heterocycles.